The topological polar surface area (TPSA) is 75.2 Å². The summed E-state index contributed by atoms with van der Waals surface area (Å²) in [7, 11) is 0. The number of ether oxygens (including phenoxy) is 1. The molecule has 7 heteroatoms. The zero-order valence-electron chi connectivity index (χ0n) is 15.5. The van der Waals surface area contributed by atoms with Gasteiger partial charge >= 0.3 is 0 Å². The summed E-state index contributed by atoms with van der Waals surface area (Å²) < 4.78 is 5.39. The minimum atomic E-state index is 0.581. The van der Waals surface area contributed by atoms with E-state index in [0.29, 0.717) is 5.95 Å². The van der Waals surface area contributed by atoms with Gasteiger partial charge in [0, 0.05) is 55.2 Å². The number of fused-ring (bicyclic) bond motifs is 1. The number of anilines is 3. The molecule has 0 atom stereocenters. The number of morpholine rings is 1. The highest BCUT2D eigenvalue weighted by molar-refractivity contribution is 5.82. The zero-order chi connectivity index (χ0) is 18.5. The van der Waals surface area contributed by atoms with Gasteiger partial charge in [-0.1, -0.05) is 6.07 Å². The summed E-state index contributed by atoms with van der Waals surface area (Å²) >= 11 is 0. The summed E-state index contributed by atoms with van der Waals surface area (Å²) in [5.41, 5.74) is 2.95. The molecule has 7 nitrogen and oxygen atoms in total. The minimum Gasteiger partial charge on any atom is -0.379 e. The Hall–Kier alpha value is -2.77. The van der Waals surface area contributed by atoms with Crippen LogP contribution < -0.4 is 10.6 Å². The van der Waals surface area contributed by atoms with Crippen molar-refractivity contribution < 1.29 is 4.74 Å². The van der Waals surface area contributed by atoms with Crippen LogP contribution in [0.4, 0.5) is 17.5 Å². The summed E-state index contributed by atoms with van der Waals surface area (Å²) in [5, 5.41) is 7.80. The Morgan fingerprint density at radius 3 is 2.93 bits per heavy atom. The van der Waals surface area contributed by atoms with E-state index in [9.17, 15) is 0 Å². The van der Waals surface area contributed by atoms with Gasteiger partial charge in [-0.3, -0.25) is 9.88 Å². The van der Waals surface area contributed by atoms with Crippen LogP contribution in [0.1, 0.15) is 5.56 Å². The summed E-state index contributed by atoms with van der Waals surface area (Å²) in [6.07, 6.45) is 3.64. The lowest BCUT2D eigenvalue weighted by molar-refractivity contribution is 0.0398. The van der Waals surface area contributed by atoms with Gasteiger partial charge in [-0.05, 0) is 31.2 Å². The maximum atomic E-state index is 5.39. The molecule has 1 aliphatic heterocycles. The number of hydrogen-bond acceptors (Lipinski definition) is 7. The lowest BCUT2D eigenvalue weighted by Gasteiger charge is -2.26. The molecule has 2 N–H and O–H groups in total. The number of nitrogens with one attached hydrogen (secondary N) is 2. The Labute approximate surface area is 158 Å². The summed E-state index contributed by atoms with van der Waals surface area (Å²) in [5.74, 6) is 1.45. The van der Waals surface area contributed by atoms with Gasteiger partial charge < -0.3 is 15.4 Å². The molecule has 1 aromatic carbocycles. The van der Waals surface area contributed by atoms with Crippen molar-refractivity contribution in [1.29, 1.82) is 0 Å². The van der Waals surface area contributed by atoms with E-state index in [1.807, 2.05) is 37.4 Å². The first-order valence-corrected chi connectivity index (χ1v) is 9.27. The lowest BCUT2D eigenvalue weighted by Crippen LogP contribution is -2.39. The Balaban J connectivity index is 1.41. The van der Waals surface area contributed by atoms with Crippen molar-refractivity contribution in [3.63, 3.8) is 0 Å². The third kappa shape index (κ3) is 4.50. The quantitative estimate of drug-likeness (QED) is 0.696. The highest BCUT2D eigenvalue weighted by atomic mass is 16.5. The Morgan fingerprint density at radius 2 is 2.04 bits per heavy atom. The minimum absolute atomic E-state index is 0.581. The number of nitrogens with zero attached hydrogens (tertiary/aromatic N) is 4. The lowest BCUT2D eigenvalue weighted by atomic mass is 10.2. The second kappa shape index (κ2) is 8.28. The van der Waals surface area contributed by atoms with Crippen molar-refractivity contribution in [1.82, 2.24) is 19.9 Å². The van der Waals surface area contributed by atoms with Gasteiger partial charge in [0.05, 0.1) is 18.7 Å². The van der Waals surface area contributed by atoms with E-state index >= 15 is 0 Å². The molecule has 3 aromatic rings. The number of hydrogen-bond donors (Lipinski definition) is 2. The predicted octanol–water partition coefficient (Wildman–Crippen LogP) is 2.82. The number of aromatic nitrogens is 3. The van der Waals surface area contributed by atoms with Gasteiger partial charge in [-0.15, -0.1) is 0 Å². The van der Waals surface area contributed by atoms with E-state index in [2.05, 4.69) is 36.6 Å². The van der Waals surface area contributed by atoms with Crippen molar-refractivity contribution in [2.45, 2.75) is 6.92 Å². The van der Waals surface area contributed by atoms with Crippen LogP contribution in [0.3, 0.4) is 0 Å². The van der Waals surface area contributed by atoms with E-state index in [1.165, 1.54) is 0 Å². The van der Waals surface area contributed by atoms with Crippen molar-refractivity contribution in [3.8, 4) is 0 Å². The fourth-order valence-electron chi connectivity index (χ4n) is 3.12. The first-order valence-electron chi connectivity index (χ1n) is 9.27. The van der Waals surface area contributed by atoms with Crippen LogP contribution in [-0.4, -0.2) is 59.2 Å². The summed E-state index contributed by atoms with van der Waals surface area (Å²) in [4.78, 5) is 15.8. The van der Waals surface area contributed by atoms with Gasteiger partial charge in [0.15, 0.2) is 0 Å². The molecule has 2 aromatic heterocycles. The first kappa shape index (κ1) is 17.6. The maximum Gasteiger partial charge on any atom is 0.229 e. The van der Waals surface area contributed by atoms with Crippen LogP contribution in [0.5, 0.6) is 0 Å². The van der Waals surface area contributed by atoms with Crippen molar-refractivity contribution in [2.24, 2.45) is 0 Å². The van der Waals surface area contributed by atoms with Crippen LogP contribution in [-0.2, 0) is 4.74 Å². The van der Waals surface area contributed by atoms with Crippen molar-refractivity contribution in [3.05, 3.63) is 48.3 Å². The smallest absolute Gasteiger partial charge is 0.229 e. The molecule has 1 aliphatic rings. The molecule has 0 unspecified atom stereocenters. The maximum absolute atomic E-state index is 5.39. The second-order valence-corrected chi connectivity index (χ2v) is 6.64. The average Bonchev–Trinajstić information content (AvgIpc) is 2.71. The fraction of sp³-hybridized carbons (Fsp3) is 0.350. The van der Waals surface area contributed by atoms with E-state index in [4.69, 9.17) is 4.74 Å². The van der Waals surface area contributed by atoms with Crippen LogP contribution in [0.25, 0.3) is 10.9 Å². The molecular formula is C20H24N6O. The molecule has 0 saturated carbocycles. The largest absolute Gasteiger partial charge is 0.379 e. The monoisotopic (exact) mass is 364 g/mol. The van der Waals surface area contributed by atoms with Crippen molar-refractivity contribution >= 4 is 28.4 Å². The molecule has 1 saturated heterocycles. The highest BCUT2D eigenvalue weighted by Gasteiger charge is 2.10. The molecule has 0 spiro atoms. The van der Waals surface area contributed by atoms with Gasteiger partial charge in [0.2, 0.25) is 5.95 Å². The average molecular weight is 364 g/mol. The number of aryl methyl sites for hydroxylation is 1. The van der Waals surface area contributed by atoms with E-state index < -0.39 is 0 Å². The van der Waals surface area contributed by atoms with Gasteiger partial charge in [0.1, 0.15) is 5.82 Å². The van der Waals surface area contributed by atoms with E-state index in [0.717, 1.165) is 67.4 Å². The Morgan fingerprint density at radius 1 is 1.15 bits per heavy atom. The molecule has 0 bridgehead atoms. The molecule has 3 heterocycles. The molecule has 140 valence electrons. The normalized spacial score (nSPS) is 15.0. The van der Waals surface area contributed by atoms with Gasteiger partial charge in [0.25, 0.3) is 0 Å². The van der Waals surface area contributed by atoms with Gasteiger partial charge in [-0.25, -0.2) is 4.98 Å². The van der Waals surface area contributed by atoms with Crippen LogP contribution in [0, 0.1) is 6.92 Å². The molecule has 4 rings (SSSR count). The third-order valence-corrected chi connectivity index (χ3v) is 4.66. The molecule has 0 aliphatic carbocycles. The Bertz CT molecular complexity index is 910. The van der Waals surface area contributed by atoms with Crippen molar-refractivity contribution in [2.75, 3.05) is 50.0 Å². The molecule has 1 fully saturated rings. The predicted molar refractivity (Wildman–Crippen MR) is 108 cm³/mol. The first-order chi connectivity index (χ1) is 13.3. The molecular weight excluding hydrogens is 340 g/mol. The summed E-state index contributed by atoms with van der Waals surface area (Å²) in [6.45, 7) is 7.47. The number of pyridine rings is 1. The number of rotatable bonds is 6. The number of benzene rings is 1. The van der Waals surface area contributed by atoms with Crippen LogP contribution in [0.2, 0.25) is 0 Å². The zero-order valence-corrected chi connectivity index (χ0v) is 15.5. The standard InChI is InChI=1S/C20H24N6O/c1-15-14-23-20(24-17-4-5-18-16(13-17)3-2-6-21-18)25-19(15)22-7-8-26-9-11-27-12-10-26/h2-6,13-14H,7-12H2,1H3,(H2,22,23,24,25). The summed E-state index contributed by atoms with van der Waals surface area (Å²) in [6, 6.07) is 10.0. The highest BCUT2D eigenvalue weighted by Crippen LogP contribution is 2.21. The second-order valence-electron chi connectivity index (χ2n) is 6.64. The third-order valence-electron chi connectivity index (χ3n) is 4.66. The molecule has 0 amide bonds. The molecule has 27 heavy (non-hydrogen) atoms. The van der Waals surface area contributed by atoms with Crippen LogP contribution >= 0.6 is 0 Å². The SMILES string of the molecule is Cc1cnc(Nc2ccc3ncccc3c2)nc1NCCN1CCOCC1. The molecule has 0 radical (unpaired) electrons. The van der Waals surface area contributed by atoms with Crippen LogP contribution in [0.15, 0.2) is 42.7 Å². The Kier molecular flexibility index (Phi) is 5.41. The van der Waals surface area contributed by atoms with Gasteiger partial charge in [-0.2, -0.15) is 4.98 Å². The van der Waals surface area contributed by atoms with E-state index in [-0.39, 0.29) is 0 Å². The fourth-order valence-corrected chi connectivity index (χ4v) is 3.12. The van der Waals surface area contributed by atoms with E-state index in [1.54, 1.807) is 6.20 Å².